The summed E-state index contributed by atoms with van der Waals surface area (Å²) in [6.45, 7) is 1.46. The Balaban J connectivity index is 2.70. The van der Waals surface area contributed by atoms with Crippen molar-refractivity contribution in [3.05, 3.63) is 29.0 Å². The summed E-state index contributed by atoms with van der Waals surface area (Å²) in [5, 5.41) is 0.260. The largest absolute Gasteiger partial charge is 0.401 e. The van der Waals surface area contributed by atoms with E-state index in [1.165, 1.54) is 11.1 Å². The van der Waals surface area contributed by atoms with Crippen LogP contribution in [0.5, 0.6) is 0 Å². The van der Waals surface area contributed by atoms with Crippen molar-refractivity contribution in [1.82, 2.24) is 9.88 Å². The molecule has 0 atom stereocenters. The van der Waals surface area contributed by atoms with Gasteiger partial charge in [0.25, 0.3) is 0 Å². The molecule has 0 bridgehead atoms. The molecular weight excluding hydrogens is 253 g/mol. The number of hydrogen-bond acceptors (Lipinski definition) is 2. The van der Waals surface area contributed by atoms with E-state index < -0.39 is 12.7 Å². The number of halogens is 4. The second kappa shape index (κ2) is 6.21. The van der Waals surface area contributed by atoms with E-state index in [9.17, 15) is 13.2 Å². The van der Waals surface area contributed by atoms with Crippen molar-refractivity contribution in [2.75, 3.05) is 13.1 Å². The Labute approximate surface area is 103 Å². The van der Waals surface area contributed by atoms with Gasteiger partial charge in [-0.2, -0.15) is 13.2 Å². The van der Waals surface area contributed by atoms with Crippen LogP contribution in [-0.4, -0.2) is 29.1 Å². The van der Waals surface area contributed by atoms with Crippen molar-refractivity contribution in [1.29, 1.82) is 0 Å². The maximum atomic E-state index is 12.3. The van der Waals surface area contributed by atoms with Gasteiger partial charge in [0.15, 0.2) is 0 Å². The second-order valence-corrected chi connectivity index (χ2v) is 4.14. The second-order valence-electron chi connectivity index (χ2n) is 3.78. The van der Waals surface area contributed by atoms with Gasteiger partial charge in [0, 0.05) is 18.3 Å². The van der Waals surface area contributed by atoms with Crippen LogP contribution in [0.1, 0.15) is 18.9 Å². The minimum atomic E-state index is -4.19. The van der Waals surface area contributed by atoms with E-state index in [1.54, 1.807) is 12.1 Å². The molecular formula is C11H14ClF3N2. The molecule has 1 heterocycles. The van der Waals surface area contributed by atoms with Gasteiger partial charge in [0.05, 0.1) is 6.54 Å². The highest BCUT2D eigenvalue weighted by molar-refractivity contribution is 6.30. The van der Waals surface area contributed by atoms with Crippen LogP contribution in [0.2, 0.25) is 5.15 Å². The van der Waals surface area contributed by atoms with Crippen LogP contribution in [0.3, 0.4) is 0 Å². The normalized spacial score (nSPS) is 12.1. The van der Waals surface area contributed by atoms with Crippen LogP contribution in [-0.2, 0) is 6.54 Å². The van der Waals surface area contributed by atoms with Gasteiger partial charge in [0.2, 0.25) is 0 Å². The van der Waals surface area contributed by atoms with Crippen molar-refractivity contribution < 1.29 is 13.2 Å². The molecule has 0 amide bonds. The van der Waals surface area contributed by atoms with Crippen molar-refractivity contribution in [2.24, 2.45) is 0 Å². The smallest absolute Gasteiger partial charge is 0.291 e. The third-order valence-electron chi connectivity index (χ3n) is 2.17. The molecule has 0 saturated carbocycles. The molecule has 96 valence electrons. The Morgan fingerprint density at radius 3 is 2.65 bits per heavy atom. The minimum absolute atomic E-state index is 0.167. The fourth-order valence-corrected chi connectivity index (χ4v) is 1.74. The van der Waals surface area contributed by atoms with Gasteiger partial charge < -0.3 is 0 Å². The SMILES string of the molecule is CCCN(Cc1cccnc1Cl)CC(F)(F)F. The Morgan fingerprint density at radius 2 is 2.12 bits per heavy atom. The fraction of sp³-hybridized carbons (Fsp3) is 0.545. The number of alkyl halides is 3. The molecule has 1 aromatic heterocycles. The van der Waals surface area contributed by atoms with Crippen LogP contribution >= 0.6 is 11.6 Å². The van der Waals surface area contributed by atoms with E-state index in [2.05, 4.69) is 4.98 Å². The summed E-state index contributed by atoms with van der Waals surface area (Å²) in [5.74, 6) is 0. The average molecular weight is 267 g/mol. The van der Waals surface area contributed by atoms with Crippen molar-refractivity contribution in [3.63, 3.8) is 0 Å². The van der Waals surface area contributed by atoms with Crippen molar-refractivity contribution in [2.45, 2.75) is 26.1 Å². The first kappa shape index (κ1) is 14.3. The van der Waals surface area contributed by atoms with Gasteiger partial charge >= 0.3 is 6.18 Å². The summed E-state index contributed by atoms with van der Waals surface area (Å²) >= 11 is 5.82. The van der Waals surface area contributed by atoms with Gasteiger partial charge in [-0.1, -0.05) is 24.6 Å². The molecule has 17 heavy (non-hydrogen) atoms. The number of pyridine rings is 1. The molecule has 0 saturated heterocycles. The number of rotatable bonds is 5. The van der Waals surface area contributed by atoms with Crippen molar-refractivity contribution >= 4 is 11.6 Å². The van der Waals surface area contributed by atoms with Gasteiger partial charge in [-0.25, -0.2) is 4.98 Å². The van der Waals surface area contributed by atoms with Gasteiger partial charge in [-0.3, -0.25) is 4.90 Å². The van der Waals surface area contributed by atoms with E-state index in [1.807, 2.05) is 6.92 Å². The Kier molecular flexibility index (Phi) is 5.21. The molecule has 0 radical (unpaired) electrons. The third kappa shape index (κ3) is 5.37. The minimum Gasteiger partial charge on any atom is -0.291 e. The first-order valence-electron chi connectivity index (χ1n) is 5.31. The standard InChI is InChI=1S/C11H14ClF3N2/c1-2-6-17(8-11(13,14)15)7-9-4-3-5-16-10(9)12/h3-5H,2,6-8H2,1H3. The number of nitrogens with zero attached hydrogens (tertiary/aromatic N) is 2. The average Bonchev–Trinajstić information content (AvgIpc) is 2.19. The molecule has 0 aliphatic carbocycles. The molecule has 0 spiro atoms. The quantitative estimate of drug-likeness (QED) is 0.758. The highest BCUT2D eigenvalue weighted by Gasteiger charge is 2.30. The van der Waals surface area contributed by atoms with Crippen LogP contribution in [0.15, 0.2) is 18.3 Å². The molecule has 2 nitrogen and oxygen atoms in total. The van der Waals surface area contributed by atoms with E-state index in [-0.39, 0.29) is 11.7 Å². The topological polar surface area (TPSA) is 16.1 Å². The number of hydrogen-bond donors (Lipinski definition) is 0. The molecule has 0 N–H and O–H groups in total. The fourth-order valence-electron chi connectivity index (χ4n) is 1.56. The maximum absolute atomic E-state index is 12.3. The first-order chi connectivity index (χ1) is 7.92. The lowest BCUT2D eigenvalue weighted by Gasteiger charge is -2.23. The zero-order valence-electron chi connectivity index (χ0n) is 9.47. The van der Waals surface area contributed by atoms with E-state index in [4.69, 9.17) is 11.6 Å². The lowest BCUT2D eigenvalue weighted by Crippen LogP contribution is -2.34. The molecule has 0 unspecified atom stereocenters. The predicted octanol–water partition coefficient (Wildman–Crippen LogP) is 3.51. The van der Waals surface area contributed by atoms with Crippen LogP contribution < -0.4 is 0 Å². The molecule has 0 aliphatic heterocycles. The monoisotopic (exact) mass is 266 g/mol. The molecule has 6 heteroatoms. The molecule has 1 aromatic rings. The van der Waals surface area contributed by atoms with Crippen LogP contribution in [0.4, 0.5) is 13.2 Å². The van der Waals surface area contributed by atoms with Gasteiger partial charge in [0.1, 0.15) is 5.15 Å². The lowest BCUT2D eigenvalue weighted by molar-refractivity contribution is -0.147. The summed E-state index contributed by atoms with van der Waals surface area (Å²) in [7, 11) is 0. The van der Waals surface area contributed by atoms with E-state index in [0.29, 0.717) is 18.5 Å². The summed E-state index contributed by atoms with van der Waals surface area (Å²) in [4.78, 5) is 5.17. The molecule has 0 aliphatic rings. The summed E-state index contributed by atoms with van der Waals surface area (Å²) < 4.78 is 37.0. The molecule has 1 rings (SSSR count). The number of aromatic nitrogens is 1. The molecule has 0 aromatic carbocycles. The highest BCUT2D eigenvalue weighted by Crippen LogP contribution is 2.20. The first-order valence-corrected chi connectivity index (χ1v) is 5.68. The third-order valence-corrected chi connectivity index (χ3v) is 2.51. The van der Waals surface area contributed by atoms with Gasteiger partial charge in [-0.15, -0.1) is 0 Å². The Bertz CT molecular complexity index is 355. The van der Waals surface area contributed by atoms with Gasteiger partial charge in [-0.05, 0) is 19.0 Å². The maximum Gasteiger partial charge on any atom is 0.401 e. The Morgan fingerprint density at radius 1 is 1.41 bits per heavy atom. The Hall–Kier alpha value is -0.810. The zero-order chi connectivity index (χ0) is 12.9. The summed E-state index contributed by atoms with van der Waals surface area (Å²) in [6.07, 6.45) is -2.02. The van der Waals surface area contributed by atoms with E-state index in [0.717, 1.165) is 0 Å². The molecule has 0 fully saturated rings. The predicted molar refractivity (Wildman–Crippen MR) is 60.9 cm³/mol. The lowest BCUT2D eigenvalue weighted by atomic mass is 10.2. The van der Waals surface area contributed by atoms with Crippen molar-refractivity contribution in [3.8, 4) is 0 Å². The van der Waals surface area contributed by atoms with Crippen LogP contribution in [0.25, 0.3) is 0 Å². The zero-order valence-corrected chi connectivity index (χ0v) is 10.2. The summed E-state index contributed by atoms with van der Waals surface area (Å²) in [5.41, 5.74) is 0.617. The summed E-state index contributed by atoms with van der Waals surface area (Å²) in [6, 6.07) is 3.35. The highest BCUT2D eigenvalue weighted by atomic mass is 35.5. The van der Waals surface area contributed by atoms with Crippen LogP contribution in [0, 0.1) is 0 Å². The van der Waals surface area contributed by atoms with E-state index >= 15 is 0 Å².